The van der Waals surface area contributed by atoms with Gasteiger partial charge in [0.2, 0.25) is 0 Å². The first kappa shape index (κ1) is 19.5. The van der Waals surface area contributed by atoms with Crippen molar-refractivity contribution in [2.45, 2.75) is 33.3 Å². The number of thiazole rings is 1. The van der Waals surface area contributed by atoms with Crippen LogP contribution in [0.3, 0.4) is 0 Å². The molecule has 0 N–H and O–H groups in total. The van der Waals surface area contributed by atoms with E-state index in [-0.39, 0.29) is 5.75 Å². The van der Waals surface area contributed by atoms with Crippen LogP contribution in [0.2, 0.25) is 0 Å². The number of methoxy groups -OCH3 is 1. The summed E-state index contributed by atoms with van der Waals surface area (Å²) >= 11 is 1.41. The van der Waals surface area contributed by atoms with Gasteiger partial charge in [-0.05, 0) is 51.5 Å². The van der Waals surface area contributed by atoms with Gasteiger partial charge in [0.1, 0.15) is 16.7 Å². The van der Waals surface area contributed by atoms with E-state index in [0.29, 0.717) is 16.3 Å². The molecule has 0 saturated carbocycles. The van der Waals surface area contributed by atoms with Gasteiger partial charge < -0.3 is 14.2 Å². The first-order chi connectivity index (χ1) is 12.2. The molecule has 1 aromatic heterocycles. The van der Waals surface area contributed by atoms with Crippen molar-refractivity contribution in [1.29, 1.82) is 5.26 Å². The molecule has 0 bridgehead atoms. The third-order valence-electron chi connectivity index (χ3n) is 3.05. The van der Waals surface area contributed by atoms with Crippen molar-refractivity contribution in [2.24, 2.45) is 0 Å². The van der Waals surface area contributed by atoms with Crippen LogP contribution in [0.15, 0.2) is 23.6 Å². The van der Waals surface area contributed by atoms with E-state index < -0.39 is 11.8 Å². The lowest BCUT2D eigenvalue weighted by Gasteiger charge is -2.19. The van der Waals surface area contributed by atoms with Crippen LogP contribution >= 0.6 is 11.3 Å². The van der Waals surface area contributed by atoms with Crippen LogP contribution < -0.4 is 9.47 Å². The summed E-state index contributed by atoms with van der Waals surface area (Å²) in [6, 6.07) is 7.15. The topological polar surface area (TPSA) is 81.4 Å². The van der Waals surface area contributed by atoms with Crippen molar-refractivity contribution >= 4 is 29.1 Å². The number of hydrogen-bond donors (Lipinski definition) is 0. The van der Waals surface area contributed by atoms with Crippen molar-refractivity contribution in [1.82, 2.24) is 4.98 Å². The fraction of sp³-hybridized carbons (Fsp3) is 0.316. The normalized spacial score (nSPS) is 11.6. The number of benzene rings is 1. The number of carbonyl (C=O) groups excluding carboxylic acids is 1. The van der Waals surface area contributed by atoms with Crippen molar-refractivity contribution in [3.63, 3.8) is 0 Å². The summed E-state index contributed by atoms with van der Waals surface area (Å²) in [5, 5.41) is 11.9. The monoisotopic (exact) mass is 372 g/mol. The van der Waals surface area contributed by atoms with Crippen LogP contribution in [-0.2, 0) is 4.74 Å². The molecule has 0 aliphatic rings. The number of allylic oxidation sites excluding steroid dienone is 1. The first-order valence-corrected chi connectivity index (χ1v) is 8.73. The molecule has 0 amide bonds. The summed E-state index contributed by atoms with van der Waals surface area (Å²) in [6.07, 6.45) is 0.896. The largest absolute Gasteiger partial charge is 0.514 e. The second kappa shape index (κ2) is 8.02. The predicted molar refractivity (Wildman–Crippen MR) is 100 cm³/mol. The Bertz CT molecular complexity index is 872. The molecular weight excluding hydrogens is 352 g/mol. The molecule has 1 aromatic carbocycles. The number of aromatic nitrogens is 1. The molecule has 2 aromatic rings. The van der Waals surface area contributed by atoms with Crippen LogP contribution in [0.1, 0.15) is 37.0 Å². The molecule has 7 heteroatoms. The van der Waals surface area contributed by atoms with E-state index in [1.807, 2.05) is 12.3 Å². The Balaban J connectivity index is 2.26. The summed E-state index contributed by atoms with van der Waals surface area (Å²) in [4.78, 5) is 16.2. The molecule has 26 heavy (non-hydrogen) atoms. The van der Waals surface area contributed by atoms with Gasteiger partial charge in [0.05, 0.1) is 12.7 Å². The number of hydrogen-bond acceptors (Lipinski definition) is 7. The molecule has 0 radical (unpaired) electrons. The molecule has 0 aliphatic carbocycles. The Hall–Kier alpha value is -2.85. The van der Waals surface area contributed by atoms with Gasteiger partial charge in [-0.2, -0.15) is 5.26 Å². The van der Waals surface area contributed by atoms with E-state index in [1.165, 1.54) is 18.4 Å². The third-order valence-corrected chi connectivity index (χ3v) is 4.04. The second-order valence-electron chi connectivity index (χ2n) is 6.44. The first-order valence-electron chi connectivity index (χ1n) is 7.85. The van der Waals surface area contributed by atoms with Crippen LogP contribution in [-0.4, -0.2) is 23.9 Å². The van der Waals surface area contributed by atoms with E-state index >= 15 is 0 Å². The highest BCUT2D eigenvalue weighted by Crippen LogP contribution is 2.31. The minimum Gasteiger partial charge on any atom is -0.493 e. The fourth-order valence-corrected chi connectivity index (χ4v) is 2.77. The standard InChI is InChI=1S/C19H20N2O4S/c1-12-11-26-17(21-12)14(10-20)8-13-6-7-15(16(9-13)23-5)24-18(22)25-19(2,3)4/h6-9,11H,1-5H3/b14-8+. The molecular formula is C19H20N2O4S. The molecule has 0 fully saturated rings. The Morgan fingerprint density at radius 2 is 2.04 bits per heavy atom. The van der Waals surface area contributed by atoms with E-state index in [9.17, 15) is 10.1 Å². The number of nitrogens with zero attached hydrogens (tertiary/aromatic N) is 2. The van der Waals surface area contributed by atoms with Gasteiger partial charge in [0, 0.05) is 11.1 Å². The third kappa shape index (κ3) is 5.33. The number of carbonyl (C=O) groups is 1. The maximum absolute atomic E-state index is 11.8. The molecule has 2 rings (SSSR count). The van der Waals surface area contributed by atoms with E-state index in [2.05, 4.69) is 11.1 Å². The van der Waals surface area contributed by atoms with E-state index in [0.717, 1.165) is 11.3 Å². The Morgan fingerprint density at radius 3 is 2.58 bits per heavy atom. The lowest BCUT2D eigenvalue weighted by molar-refractivity contribution is 0.0201. The minimum atomic E-state index is -0.810. The van der Waals surface area contributed by atoms with Crippen molar-refractivity contribution in [3.8, 4) is 17.6 Å². The Morgan fingerprint density at radius 1 is 1.31 bits per heavy atom. The lowest BCUT2D eigenvalue weighted by Crippen LogP contribution is -2.26. The Kier molecular flexibility index (Phi) is 6.01. The van der Waals surface area contributed by atoms with Crippen molar-refractivity contribution in [3.05, 3.63) is 39.8 Å². The zero-order valence-corrected chi connectivity index (χ0v) is 16.1. The number of nitriles is 1. The predicted octanol–water partition coefficient (Wildman–Crippen LogP) is 4.84. The number of rotatable bonds is 4. The molecule has 0 spiro atoms. The average molecular weight is 372 g/mol. The van der Waals surface area contributed by atoms with Gasteiger partial charge in [-0.15, -0.1) is 11.3 Å². The Labute approximate surface area is 156 Å². The van der Waals surface area contributed by atoms with Gasteiger partial charge in [0.25, 0.3) is 0 Å². The fourth-order valence-electron chi connectivity index (χ4n) is 2.01. The van der Waals surface area contributed by atoms with Gasteiger partial charge in [-0.3, -0.25) is 0 Å². The average Bonchev–Trinajstić information content (AvgIpc) is 2.98. The molecule has 0 atom stereocenters. The van der Waals surface area contributed by atoms with Crippen molar-refractivity contribution in [2.75, 3.05) is 7.11 Å². The quantitative estimate of drug-likeness (QED) is 0.434. The second-order valence-corrected chi connectivity index (χ2v) is 7.30. The maximum atomic E-state index is 11.8. The number of aryl methyl sites for hydroxylation is 1. The van der Waals surface area contributed by atoms with Gasteiger partial charge in [-0.25, -0.2) is 9.78 Å². The molecule has 0 saturated heterocycles. The van der Waals surface area contributed by atoms with Gasteiger partial charge in [-0.1, -0.05) is 6.07 Å². The van der Waals surface area contributed by atoms with Gasteiger partial charge >= 0.3 is 6.16 Å². The summed E-state index contributed by atoms with van der Waals surface area (Å²) < 4.78 is 15.6. The van der Waals surface area contributed by atoms with Gasteiger partial charge in [0.15, 0.2) is 11.5 Å². The minimum absolute atomic E-state index is 0.238. The van der Waals surface area contributed by atoms with E-state index in [1.54, 1.807) is 45.0 Å². The maximum Gasteiger partial charge on any atom is 0.514 e. The van der Waals surface area contributed by atoms with E-state index in [4.69, 9.17) is 14.2 Å². The highest BCUT2D eigenvalue weighted by Gasteiger charge is 2.19. The summed E-state index contributed by atoms with van der Waals surface area (Å²) in [7, 11) is 1.47. The smallest absolute Gasteiger partial charge is 0.493 e. The van der Waals surface area contributed by atoms with Crippen LogP contribution in [0.4, 0.5) is 4.79 Å². The molecule has 0 unspecified atom stereocenters. The van der Waals surface area contributed by atoms with Crippen LogP contribution in [0, 0.1) is 18.3 Å². The summed E-state index contributed by atoms with van der Waals surface area (Å²) in [5.41, 5.74) is 1.39. The number of ether oxygens (including phenoxy) is 3. The lowest BCUT2D eigenvalue weighted by atomic mass is 10.1. The molecule has 0 aliphatic heterocycles. The SMILES string of the molecule is COc1cc(/C=C(\C#N)c2nc(C)cs2)ccc1OC(=O)OC(C)(C)C. The zero-order valence-electron chi connectivity index (χ0n) is 15.3. The highest BCUT2D eigenvalue weighted by molar-refractivity contribution is 7.11. The van der Waals surface area contributed by atoms with Crippen LogP contribution in [0.25, 0.3) is 11.6 Å². The van der Waals surface area contributed by atoms with Crippen molar-refractivity contribution < 1.29 is 19.0 Å². The summed E-state index contributed by atoms with van der Waals surface area (Å²) in [5.74, 6) is 0.597. The molecule has 136 valence electrons. The zero-order chi connectivity index (χ0) is 19.3. The summed E-state index contributed by atoms with van der Waals surface area (Å²) in [6.45, 7) is 7.14. The highest BCUT2D eigenvalue weighted by atomic mass is 32.1. The molecule has 1 heterocycles. The van der Waals surface area contributed by atoms with Crippen LogP contribution in [0.5, 0.6) is 11.5 Å². The molecule has 6 nitrogen and oxygen atoms in total.